The fourth-order valence-corrected chi connectivity index (χ4v) is 6.47. The Morgan fingerprint density at radius 1 is 1.13 bits per heavy atom. The number of rotatable bonds is 4. The molecule has 0 radical (unpaired) electrons. The lowest BCUT2D eigenvalue weighted by atomic mass is 9.87. The number of carbonyl (C=O) groups excluding carboxylic acids is 2. The first-order chi connectivity index (χ1) is 14.6. The number of nitrogens with zero attached hydrogens (tertiary/aromatic N) is 2. The molecule has 1 aromatic rings. The van der Waals surface area contributed by atoms with Gasteiger partial charge in [0.1, 0.15) is 5.75 Å². The lowest BCUT2D eigenvalue weighted by Crippen LogP contribution is -2.55. The number of nitrogens with one attached hydrogen (secondary N) is 1. The summed E-state index contributed by atoms with van der Waals surface area (Å²) in [6.45, 7) is 4.69. The first kappa shape index (κ1) is 21.3. The average molecular weight is 432 g/mol. The van der Waals surface area contributed by atoms with Crippen molar-refractivity contribution in [3.05, 3.63) is 24.3 Å². The van der Waals surface area contributed by atoms with Gasteiger partial charge in [-0.15, -0.1) is 11.8 Å². The Morgan fingerprint density at radius 3 is 2.60 bits per heavy atom. The molecule has 0 unspecified atom stereocenters. The molecule has 164 valence electrons. The molecule has 1 aromatic carbocycles. The van der Waals surface area contributed by atoms with Crippen molar-refractivity contribution in [2.75, 3.05) is 37.3 Å². The molecular formula is C23H33N3O3S. The predicted octanol–water partition coefficient (Wildman–Crippen LogP) is 4.57. The van der Waals surface area contributed by atoms with Gasteiger partial charge in [0, 0.05) is 31.3 Å². The van der Waals surface area contributed by atoms with Gasteiger partial charge in [-0.25, -0.2) is 4.79 Å². The van der Waals surface area contributed by atoms with Crippen LogP contribution in [-0.2, 0) is 4.79 Å². The third-order valence-electron chi connectivity index (χ3n) is 6.66. The van der Waals surface area contributed by atoms with E-state index in [0.717, 1.165) is 38.0 Å². The third-order valence-corrected chi connectivity index (χ3v) is 8.21. The Labute approximate surface area is 183 Å². The zero-order valence-electron chi connectivity index (χ0n) is 17.9. The number of likely N-dealkylation sites (tertiary alicyclic amines) is 1. The van der Waals surface area contributed by atoms with Crippen molar-refractivity contribution in [2.24, 2.45) is 5.92 Å². The summed E-state index contributed by atoms with van der Waals surface area (Å²) in [5.74, 6) is 2.28. The largest absolute Gasteiger partial charge is 0.492 e. The van der Waals surface area contributed by atoms with Crippen LogP contribution in [0.1, 0.15) is 51.9 Å². The van der Waals surface area contributed by atoms with E-state index in [1.165, 1.54) is 19.3 Å². The van der Waals surface area contributed by atoms with Crippen LogP contribution in [0, 0.1) is 5.92 Å². The molecule has 3 amide bonds. The minimum Gasteiger partial charge on any atom is -0.492 e. The van der Waals surface area contributed by atoms with Crippen LogP contribution in [0.25, 0.3) is 0 Å². The number of ether oxygens (including phenoxy) is 1. The monoisotopic (exact) mass is 431 g/mol. The van der Waals surface area contributed by atoms with E-state index in [1.807, 2.05) is 47.9 Å². The summed E-state index contributed by atoms with van der Waals surface area (Å²) in [7, 11) is 0. The van der Waals surface area contributed by atoms with Crippen molar-refractivity contribution in [1.82, 2.24) is 9.80 Å². The Hall–Kier alpha value is -1.89. The molecule has 30 heavy (non-hydrogen) atoms. The molecule has 0 aromatic heterocycles. The van der Waals surface area contributed by atoms with Gasteiger partial charge >= 0.3 is 6.03 Å². The maximum atomic E-state index is 13.2. The van der Waals surface area contributed by atoms with Gasteiger partial charge in [0.05, 0.1) is 17.2 Å². The van der Waals surface area contributed by atoms with E-state index in [4.69, 9.17) is 4.74 Å². The highest BCUT2D eigenvalue weighted by atomic mass is 32.2. The van der Waals surface area contributed by atoms with E-state index in [-0.39, 0.29) is 16.8 Å². The highest BCUT2D eigenvalue weighted by Crippen LogP contribution is 2.45. The molecule has 1 spiro atoms. The van der Waals surface area contributed by atoms with E-state index in [1.54, 1.807) is 0 Å². The van der Waals surface area contributed by atoms with Crippen molar-refractivity contribution in [3.63, 3.8) is 0 Å². The molecule has 1 saturated carbocycles. The molecule has 1 N–H and O–H groups in total. The number of hydrogen-bond acceptors (Lipinski definition) is 4. The number of thioether (sulfide) groups is 1. The smallest absolute Gasteiger partial charge is 0.321 e. The van der Waals surface area contributed by atoms with Crippen LogP contribution in [0.3, 0.4) is 0 Å². The molecule has 2 heterocycles. The summed E-state index contributed by atoms with van der Waals surface area (Å²) in [5, 5.41) is 3.00. The lowest BCUT2D eigenvalue weighted by molar-refractivity contribution is -0.140. The molecule has 3 aliphatic rings. The average Bonchev–Trinajstić information content (AvgIpc) is 3.18. The first-order valence-electron chi connectivity index (χ1n) is 11.4. The molecular weight excluding hydrogens is 398 g/mol. The Kier molecular flexibility index (Phi) is 6.76. The fourth-order valence-electron chi connectivity index (χ4n) is 5.01. The molecule has 1 aliphatic carbocycles. The number of anilines is 1. The number of benzene rings is 1. The minimum absolute atomic E-state index is 0.0924. The van der Waals surface area contributed by atoms with Crippen molar-refractivity contribution in [3.8, 4) is 5.75 Å². The molecule has 3 fully saturated rings. The van der Waals surface area contributed by atoms with Crippen LogP contribution in [-0.4, -0.2) is 58.6 Å². The van der Waals surface area contributed by atoms with Crippen molar-refractivity contribution in [2.45, 2.75) is 56.7 Å². The van der Waals surface area contributed by atoms with Crippen LogP contribution in [0.4, 0.5) is 10.5 Å². The van der Waals surface area contributed by atoms with Crippen molar-refractivity contribution in [1.29, 1.82) is 0 Å². The molecule has 2 saturated heterocycles. The summed E-state index contributed by atoms with van der Waals surface area (Å²) in [6, 6.07) is 7.44. The second-order valence-corrected chi connectivity index (χ2v) is 9.92. The van der Waals surface area contributed by atoms with Gasteiger partial charge in [-0.05, 0) is 44.7 Å². The highest BCUT2D eigenvalue weighted by Gasteiger charge is 2.48. The Bertz CT molecular complexity index is 758. The van der Waals surface area contributed by atoms with Crippen LogP contribution in [0.5, 0.6) is 5.75 Å². The number of amides is 3. The quantitative estimate of drug-likeness (QED) is 0.759. The maximum absolute atomic E-state index is 13.2. The first-order valence-corrected chi connectivity index (χ1v) is 12.3. The fraction of sp³-hybridized carbons (Fsp3) is 0.652. The summed E-state index contributed by atoms with van der Waals surface area (Å²) >= 11 is 1.92. The highest BCUT2D eigenvalue weighted by molar-refractivity contribution is 8.00. The molecule has 0 atom stereocenters. The van der Waals surface area contributed by atoms with Gasteiger partial charge < -0.3 is 19.9 Å². The summed E-state index contributed by atoms with van der Waals surface area (Å²) < 4.78 is 5.62. The lowest BCUT2D eigenvalue weighted by Gasteiger charge is -2.45. The van der Waals surface area contributed by atoms with E-state index < -0.39 is 0 Å². The summed E-state index contributed by atoms with van der Waals surface area (Å²) in [5.41, 5.74) is 0.703. The molecule has 2 aliphatic heterocycles. The van der Waals surface area contributed by atoms with Gasteiger partial charge in [-0.2, -0.15) is 0 Å². The van der Waals surface area contributed by atoms with Gasteiger partial charge in [0.25, 0.3) is 0 Å². The van der Waals surface area contributed by atoms with Crippen LogP contribution >= 0.6 is 11.8 Å². The Balaban J connectivity index is 1.37. The second-order valence-electron chi connectivity index (χ2n) is 8.47. The zero-order chi connectivity index (χ0) is 21.0. The van der Waals surface area contributed by atoms with E-state index in [0.29, 0.717) is 37.0 Å². The zero-order valence-corrected chi connectivity index (χ0v) is 18.7. The molecule has 4 rings (SSSR count). The van der Waals surface area contributed by atoms with E-state index in [9.17, 15) is 9.59 Å². The molecule has 6 nitrogen and oxygen atoms in total. The molecule has 7 heteroatoms. The molecule has 0 bridgehead atoms. The minimum atomic E-state index is -0.117. The number of hydrogen-bond donors (Lipinski definition) is 1. The summed E-state index contributed by atoms with van der Waals surface area (Å²) in [4.78, 5) is 30.0. The van der Waals surface area contributed by atoms with Gasteiger partial charge in [0.15, 0.2) is 0 Å². The predicted molar refractivity (Wildman–Crippen MR) is 121 cm³/mol. The van der Waals surface area contributed by atoms with Crippen LogP contribution in [0.15, 0.2) is 24.3 Å². The topological polar surface area (TPSA) is 61.9 Å². The van der Waals surface area contributed by atoms with Crippen LogP contribution in [0.2, 0.25) is 0 Å². The standard InChI is InChI=1S/C23H33N3O3S/c1-2-29-20-11-7-6-10-19(20)24-22(28)25-14-12-23(13-15-25)26(16-17-30-23)21(27)18-8-4-3-5-9-18/h6-7,10-11,18H,2-5,8-9,12-17H2,1H3,(H,24,28). The number of piperidine rings is 1. The van der Waals surface area contributed by atoms with Gasteiger partial charge in [0.2, 0.25) is 5.91 Å². The Morgan fingerprint density at radius 2 is 1.87 bits per heavy atom. The van der Waals surface area contributed by atoms with E-state index >= 15 is 0 Å². The summed E-state index contributed by atoms with van der Waals surface area (Å²) in [6.07, 6.45) is 7.41. The number of para-hydroxylation sites is 2. The van der Waals surface area contributed by atoms with Crippen molar-refractivity contribution < 1.29 is 14.3 Å². The van der Waals surface area contributed by atoms with Crippen LogP contribution < -0.4 is 10.1 Å². The van der Waals surface area contributed by atoms with E-state index in [2.05, 4.69) is 10.2 Å². The maximum Gasteiger partial charge on any atom is 0.321 e. The number of carbonyl (C=O) groups is 2. The number of urea groups is 1. The normalized spacial score (nSPS) is 21.6. The van der Waals surface area contributed by atoms with Gasteiger partial charge in [-0.1, -0.05) is 31.4 Å². The van der Waals surface area contributed by atoms with Gasteiger partial charge in [-0.3, -0.25) is 4.79 Å². The van der Waals surface area contributed by atoms with Crippen molar-refractivity contribution >= 4 is 29.4 Å². The SMILES string of the molecule is CCOc1ccccc1NC(=O)N1CCC2(CC1)SCCN2C(=O)C1CCCCC1. The second kappa shape index (κ2) is 9.50. The third kappa shape index (κ3) is 4.41.